The smallest absolute Gasteiger partial charge is 0.376 e. The molecular weight excluding hydrogens is 786 g/mol. The molecular formula is C49H31F3N2O3S2. The lowest BCUT2D eigenvalue weighted by molar-refractivity contribution is -0.0500. The van der Waals surface area contributed by atoms with Crippen LogP contribution in [0.3, 0.4) is 0 Å². The summed E-state index contributed by atoms with van der Waals surface area (Å²) in [7, 11) is -5.83. The van der Waals surface area contributed by atoms with Gasteiger partial charge in [0.15, 0.2) is 0 Å². The monoisotopic (exact) mass is 816 g/mol. The molecule has 0 N–H and O–H groups in total. The van der Waals surface area contributed by atoms with E-state index in [9.17, 15) is 21.6 Å². The second-order valence-corrected chi connectivity index (χ2v) is 16.7. The molecule has 0 unspecified atom stereocenters. The molecule has 0 saturated carbocycles. The molecule has 10 rings (SSSR count). The zero-order chi connectivity index (χ0) is 40.3. The molecule has 0 amide bonds. The van der Waals surface area contributed by atoms with Crippen molar-refractivity contribution in [3.8, 4) is 33.7 Å². The van der Waals surface area contributed by atoms with Gasteiger partial charge in [-0.1, -0.05) is 103 Å². The van der Waals surface area contributed by atoms with Crippen molar-refractivity contribution in [1.82, 2.24) is 4.57 Å². The quantitative estimate of drug-likeness (QED) is 0.113. The van der Waals surface area contributed by atoms with E-state index >= 15 is 0 Å². The molecule has 5 nitrogen and oxygen atoms in total. The number of rotatable bonds is 8. The number of anilines is 3. The molecule has 10 heteroatoms. The summed E-state index contributed by atoms with van der Waals surface area (Å²) in [4.78, 5) is 1.96. The predicted octanol–water partition coefficient (Wildman–Crippen LogP) is 14.2. The molecule has 10 aromatic rings. The van der Waals surface area contributed by atoms with E-state index in [4.69, 9.17) is 0 Å². The zero-order valence-corrected chi connectivity index (χ0v) is 32.6. The van der Waals surface area contributed by atoms with Crippen LogP contribution in [-0.4, -0.2) is 18.5 Å². The normalized spacial score (nSPS) is 12.1. The maximum absolute atomic E-state index is 13.1. The Hall–Kier alpha value is -6.88. The first kappa shape index (κ1) is 36.5. The fourth-order valence-corrected chi connectivity index (χ4v) is 9.54. The highest BCUT2D eigenvalue weighted by Gasteiger charge is 2.48. The van der Waals surface area contributed by atoms with Crippen LogP contribution in [0, 0.1) is 0 Å². The van der Waals surface area contributed by atoms with Gasteiger partial charge in [-0.25, -0.2) is 0 Å². The molecule has 2 heterocycles. The van der Waals surface area contributed by atoms with Crippen LogP contribution >= 0.6 is 11.3 Å². The first-order valence-corrected chi connectivity index (χ1v) is 21.0. The van der Waals surface area contributed by atoms with Crippen LogP contribution in [0.25, 0.3) is 69.9 Å². The Morgan fingerprint density at radius 2 is 1.07 bits per heavy atom. The van der Waals surface area contributed by atoms with Crippen molar-refractivity contribution in [2.45, 2.75) is 5.51 Å². The van der Waals surface area contributed by atoms with Crippen LogP contribution in [0.2, 0.25) is 0 Å². The van der Waals surface area contributed by atoms with Crippen molar-refractivity contribution in [1.29, 1.82) is 0 Å². The number of alkyl halides is 3. The van der Waals surface area contributed by atoms with Gasteiger partial charge in [0.05, 0.1) is 11.0 Å². The lowest BCUT2D eigenvalue weighted by atomic mass is 10.0. The van der Waals surface area contributed by atoms with E-state index < -0.39 is 21.4 Å². The minimum atomic E-state index is -5.83. The van der Waals surface area contributed by atoms with Gasteiger partial charge in [-0.2, -0.15) is 21.6 Å². The minimum Gasteiger partial charge on any atom is -0.376 e. The van der Waals surface area contributed by atoms with Gasteiger partial charge >= 0.3 is 15.6 Å². The number of nitrogens with zero attached hydrogens (tertiary/aromatic N) is 2. The van der Waals surface area contributed by atoms with Crippen LogP contribution < -0.4 is 9.08 Å². The summed E-state index contributed by atoms with van der Waals surface area (Å²) >= 11 is 1.76. The van der Waals surface area contributed by atoms with Crippen molar-refractivity contribution >= 4 is 80.5 Å². The Kier molecular flexibility index (Phi) is 8.77. The first-order chi connectivity index (χ1) is 28.6. The molecule has 59 heavy (non-hydrogen) atoms. The van der Waals surface area contributed by atoms with Crippen molar-refractivity contribution in [3.05, 3.63) is 188 Å². The van der Waals surface area contributed by atoms with E-state index in [1.54, 1.807) is 11.3 Å². The number of halogens is 3. The predicted molar refractivity (Wildman–Crippen MR) is 235 cm³/mol. The van der Waals surface area contributed by atoms with E-state index in [0.29, 0.717) is 5.69 Å². The van der Waals surface area contributed by atoms with E-state index in [-0.39, 0.29) is 0 Å². The third-order valence-electron chi connectivity index (χ3n) is 10.6. The molecule has 0 radical (unpaired) electrons. The fourth-order valence-electron chi connectivity index (χ4n) is 7.85. The van der Waals surface area contributed by atoms with Crippen molar-refractivity contribution in [2.75, 3.05) is 4.90 Å². The molecule has 0 aliphatic heterocycles. The van der Waals surface area contributed by atoms with Crippen molar-refractivity contribution in [3.63, 3.8) is 0 Å². The SMILES string of the molecule is O=S(=O)(Oc1ccc(N(c2ccc(-c3ccc4c(c3)c3ccccc3n4-c3ccccc3)cc2)c2ccc(-c3cccc4c3sc3ccccc34)cc2)cc1)C(F)(F)F. The summed E-state index contributed by atoms with van der Waals surface area (Å²) in [5.74, 6) is -0.447. The van der Waals surface area contributed by atoms with Crippen LogP contribution in [-0.2, 0) is 10.1 Å². The number of hydrogen-bond acceptors (Lipinski definition) is 5. The summed E-state index contributed by atoms with van der Waals surface area (Å²) in [6.07, 6.45) is 0. The number of thiophene rings is 1. The van der Waals surface area contributed by atoms with Gasteiger partial charge in [0.2, 0.25) is 0 Å². The second-order valence-electron chi connectivity index (χ2n) is 14.1. The van der Waals surface area contributed by atoms with Gasteiger partial charge in [-0.05, 0) is 107 Å². The van der Waals surface area contributed by atoms with Gasteiger partial charge in [-0.15, -0.1) is 11.3 Å². The van der Waals surface area contributed by atoms with Gasteiger partial charge in [0.25, 0.3) is 0 Å². The topological polar surface area (TPSA) is 51.5 Å². The molecule has 288 valence electrons. The van der Waals surface area contributed by atoms with Crippen molar-refractivity contribution < 1.29 is 25.8 Å². The Balaban J connectivity index is 1.03. The molecule has 0 aliphatic carbocycles. The average molecular weight is 817 g/mol. The lowest BCUT2D eigenvalue weighted by Crippen LogP contribution is -2.28. The van der Waals surface area contributed by atoms with Gasteiger partial charge in [-0.3, -0.25) is 0 Å². The lowest BCUT2D eigenvalue weighted by Gasteiger charge is -2.26. The molecule has 0 atom stereocenters. The Labute approximate surface area is 341 Å². The Morgan fingerprint density at radius 1 is 0.508 bits per heavy atom. The molecule has 8 aromatic carbocycles. The summed E-state index contributed by atoms with van der Waals surface area (Å²) in [6.45, 7) is 0. The van der Waals surface area contributed by atoms with Crippen molar-refractivity contribution in [2.24, 2.45) is 0 Å². The zero-order valence-electron chi connectivity index (χ0n) is 31.0. The number of hydrogen-bond donors (Lipinski definition) is 0. The van der Waals surface area contributed by atoms with Crippen LogP contribution in [0.1, 0.15) is 0 Å². The first-order valence-electron chi connectivity index (χ1n) is 18.7. The molecule has 0 bridgehead atoms. The van der Waals surface area contributed by atoms with Crippen LogP contribution in [0.4, 0.5) is 30.2 Å². The molecule has 0 spiro atoms. The van der Waals surface area contributed by atoms with Gasteiger partial charge < -0.3 is 13.7 Å². The summed E-state index contributed by atoms with van der Waals surface area (Å²) in [6, 6.07) is 61.6. The Morgan fingerprint density at radius 3 is 1.76 bits per heavy atom. The molecule has 0 saturated heterocycles. The highest BCUT2D eigenvalue weighted by molar-refractivity contribution is 7.88. The molecule has 2 aromatic heterocycles. The van der Waals surface area contributed by atoms with Crippen LogP contribution in [0.5, 0.6) is 5.75 Å². The summed E-state index contributed by atoms with van der Waals surface area (Å²) in [5.41, 5.74) is 4.11. The summed E-state index contributed by atoms with van der Waals surface area (Å²) in [5, 5.41) is 4.70. The van der Waals surface area contributed by atoms with E-state index in [0.717, 1.165) is 61.1 Å². The maximum Gasteiger partial charge on any atom is 0.534 e. The number of fused-ring (bicyclic) bond motifs is 6. The Bertz CT molecular complexity index is 3290. The van der Waals surface area contributed by atoms with Gasteiger partial charge in [0.1, 0.15) is 5.75 Å². The number of benzene rings is 8. The second kappa shape index (κ2) is 14.2. The maximum atomic E-state index is 13.1. The number of para-hydroxylation sites is 2. The number of aromatic nitrogens is 1. The third-order valence-corrected chi connectivity index (χ3v) is 12.8. The van der Waals surface area contributed by atoms with E-state index in [2.05, 4.69) is 112 Å². The molecule has 0 fully saturated rings. The largest absolute Gasteiger partial charge is 0.534 e. The van der Waals surface area contributed by atoms with E-state index in [1.807, 2.05) is 65.6 Å². The highest BCUT2D eigenvalue weighted by Crippen LogP contribution is 2.42. The van der Waals surface area contributed by atoms with E-state index in [1.165, 1.54) is 44.4 Å². The fraction of sp³-hybridized carbons (Fsp3) is 0.0204. The average Bonchev–Trinajstić information content (AvgIpc) is 3.80. The van der Waals surface area contributed by atoms with Crippen LogP contribution in [0.15, 0.2) is 188 Å². The highest BCUT2D eigenvalue weighted by atomic mass is 32.2. The minimum absolute atomic E-state index is 0.447. The third kappa shape index (κ3) is 6.47. The standard InChI is InChI=1S/C49H31F3N2O3S2/c50-49(51,52)59(55,56)57-39-28-26-38(27-29-39)53(37-24-19-33(20-25-37)40-13-8-14-43-42-12-5-7-16-47(42)58-48(40)43)36-22-17-32(18-23-36)34-21-30-46-44(31-34)41-11-4-6-15-45(41)54(46)35-9-2-1-3-10-35/h1-31H. The molecule has 0 aliphatic rings. The summed E-state index contributed by atoms with van der Waals surface area (Å²) < 4.78 is 72.0. The van der Waals surface area contributed by atoms with Gasteiger partial charge in [0, 0.05) is 53.7 Å².